The molecule has 4 nitrogen and oxygen atoms in total. The van der Waals surface area contributed by atoms with E-state index >= 15 is 0 Å². The molecule has 0 unspecified atom stereocenters. The fourth-order valence-corrected chi connectivity index (χ4v) is 2.03. The molecule has 0 atom stereocenters. The molecule has 0 aliphatic rings. The van der Waals surface area contributed by atoms with Crippen LogP contribution >= 0.6 is 23.2 Å². The molecule has 1 heterocycles. The van der Waals surface area contributed by atoms with Gasteiger partial charge in [0.25, 0.3) is 0 Å². The first-order valence-corrected chi connectivity index (χ1v) is 7.01. The SMILES string of the molecule is CCCN(CC(=O)OCC)Cc1nc(Cl)ccc1Cl. The molecule has 0 aliphatic heterocycles. The molecule has 0 saturated heterocycles. The first-order chi connectivity index (χ1) is 9.06. The van der Waals surface area contributed by atoms with E-state index in [1.165, 1.54) is 0 Å². The first-order valence-electron chi connectivity index (χ1n) is 6.25. The predicted octanol–water partition coefficient (Wildman–Crippen LogP) is 3.16. The number of esters is 1. The highest BCUT2D eigenvalue weighted by Gasteiger charge is 2.14. The molecule has 19 heavy (non-hydrogen) atoms. The van der Waals surface area contributed by atoms with Crippen molar-refractivity contribution in [3.8, 4) is 0 Å². The van der Waals surface area contributed by atoms with E-state index in [4.69, 9.17) is 27.9 Å². The van der Waals surface area contributed by atoms with E-state index in [0.717, 1.165) is 13.0 Å². The van der Waals surface area contributed by atoms with Crippen molar-refractivity contribution >= 4 is 29.2 Å². The second-order valence-corrected chi connectivity index (χ2v) is 4.87. The predicted molar refractivity (Wildman–Crippen MR) is 76.5 cm³/mol. The standard InChI is InChI=1S/C13H18Cl2N2O2/c1-3-7-17(9-13(18)19-4-2)8-11-10(14)5-6-12(15)16-11/h5-6H,3-4,7-9H2,1-2H3. The Hall–Kier alpha value is -0.840. The van der Waals surface area contributed by atoms with Crippen LogP contribution in [0, 0.1) is 0 Å². The Morgan fingerprint density at radius 2 is 2.11 bits per heavy atom. The summed E-state index contributed by atoms with van der Waals surface area (Å²) in [5.74, 6) is -0.242. The molecule has 0 amide bonds. The third-order valence-corrected chi connectivity index (χ3v) is 3.01. The zero-order valence-electron chi connectivity index (χ0n) is 11.2. The summed E-state index contributed by atoms with van der Waals surface area (Å²) in [6.45, 7) is 5.69. The topological polar surface area (TPSA) is 42.4 Å². The monoisotopic (exact) mass is 304 g/mol. The van der Waals surface area contributed by atoms with Crippen LogP contribution in [0.15, 0.2) is 12.1 Å². The number of rotatable bonds is 7. The summed E-state index contributed by atoms with van der Waals surface area (Å²) >= 11 is 11.9. The van der Waals surface area contributed by atoms with E-state index in [1.54, 1.807) is 19.1 Å². The Balaban J connectivity index is 2.71. The smallest absolute Gasteiger partial charge is 0.320 e. The molecule has 0 aliphatic carbocycles. The minimum atomic E-state index is -0.242. The van der Waals surface area contributed by atoms with Crippen LogP contribution in [0.5, 0.6) is 0 Å². The van der Waals surface area contributed by atoms with Crippen molar-refractivity contribution in [2.75, 3.05) is 19.7 Å². The summed E-state index contributed by atoms with van der Waals surface area (Å²) in [6.07, 6.45) is 0.928. The summed E-state index contributed by atoms with van der Waals surface area (Å²) in [5.41, 5.74) is 0.673. The average molecular weight is 305 g/mol. The lowest BCUT2D eigenvalue weighted by Gasteiger charge is -2.20. The number of hydrogen-bond donors (Lipinski definition) is 0. The van der Waals surface area contributed by atoms with E-state index < -0.39 is 0 Å². The number of hydrogen-bond acceptors (Lipinski definition) is 4. The molecule has 0 aromatic carbocycles. The van der Waals surface area contributed by atoms with Gasteiger partial charge in [-0.3, -0.25) is 9.69 Å². The lowest BCUT2D eigenvalue weighted by atomic mass is 10.3. The highest BCUT2D eigenvalue weighted by molar-refractivity contribution is 6.32. The third-order valence-electron chi connectivity index (χ3n) is 2.46. The second-order valence-electron chi connectivity index (χ2n) is 4.08. The summed E-state index contributed by atoms with van der Waals surface area (Å²) in [5, 5.41) is 0.946. The van der Waals surface area contributed by atoms with Crippen LogP contribution in [0.2, 0.25) is 10.2 Å². The summed E-state index contributed by atoms with van der Waals surface area (Å²) in [6, 6.07) is 3.35. The molecule has 1 rings (SSSR count). The van der Waals surface area contributed by atoms with Gasteiger partial charge in [-0.15, -0.1) is 0 Å². The van der Waals surface area contributed by atoms with E-state index in [2.05, 4.69) is 4.98 Å². The van der Waals surface area contributed by atoms with Crippen LogP contribution in [0.25, 0.3) is 0 Å². The minimum Gasteiger partial charge on any atom is -0.465 e. The lowest BCUT2D eigenvalue weighted by Crippen LogP contribution is -2.31. The molecule has 0 radical (unpaired) electrons. The van der Waals surface area contributed by atoms with Crippen molar-refractivity contribution < 1.29 is 9.53 Å². The van der Waals surface area contributed by atoms with Crippen LogP contribution < -0.4 is 0 Å². The molecule has 0 spiro atoms. The van der Waals surface area contributed by atoms with Gasteiger partial charge in [0.1, 0.15) is 5.15 Å². The van der Waals surface area contributed by atoms with Gasteiger partial charge in [-0.05, 0) is 32.0 Å². The first kappa shape index (κ1) is 16.2. The maximum atomic E-state index is 11.5. The largest absolute Gasteiger partial charge is 0.465 e. The normalized spacial score (nSPS) is 10.8. The average Bonchev–Trinajstić information content (AvgIpc) is 2.34. The van der Waals surface area contributed by atoms with Crippen molar-refractivity contribution in [1.82, 2.24) is 9.88 Å². The van der Waals surface area contributed by atoms with E-state index in [0.29, 0.717) is 29.0 Å². The quantitative estimate of drug-likeness (QED) is 0.573. The van der Waals surface area contributed by atoms with Gasteiger partial charge < -0.3 is 4.74 Å². The van der Waals surface area contributed by atoms with Crippen molar-refractivity contribution in [3.05, 3.63) is 28.0 Å². The Kier molecular flexibility index (Phi) is 7.13. The zero-order valence-corrected chi connectivity index (χ0v) is 12.7. The van der Waals surface area contributed by atoms with Crippen LogP contribution in [0.3, 0.4) is 0 Å². The maximum absolute atomic E-state index is 11.5. The van der Waals surface area contributed by atoms with E-state index in [9.17, 15) is 4.79 Å². The molecule has 0 bridgehead atoms. The van der Waals surface area contributed by atoms with Gasteiger partial charge in [0.2, 0.25) is 0 Å². The number of pyridine rings is 1. The van der Waals surface area contributed by atoms with Gasteiger partial charge in [0.15, 0.2) is 0 Å². The summed E-state index contributed by atoms with van der Waals surface area (Å²) in [4.78, 5) is 17.7. The number of ether oxygens (including phenoxy) is 1. The van der Waals surface area contributed by atoms with Gasteiger partial charge in [0, 0.05) is 6.54 Å². The molecule has 0 saturated carbocycles. The molecule has 106 valence electrons. The molecule has 1 aromatic heterocycles. The number of nitrogens with zero attached hydrogens (tertiary/aromatic N) is 2. The van der Waals surface area contributed by atoms with Crippen molar-refractivity contribution in [2.24, 2.45) is 0 Å². The van der Waals surface area contributed by atoms with Gasteiger partial charge in [-0.2, -0.15) is 0 Å². The van der Waals surface area contributed by atoms with Crippen molar-refractivity contribution in [3.63, 3.8) is 0 Å². The minimum absolute atomic E-state index is 0.228. The summed E-state index contributed by atoms with van der Waals surface area (Å²) < 4.78 is 4.95. The van der Waals surface area contributed by atoms with E-state index in [1.807, 2.05) is 11.8 Å². The Bertz CT molecular complexity index is 427. The molecule has 1 aromatic rings. The molecular formula is C13H18Cl2N2O2. The van der Waals surface area contributed by atoms with E-state index in [-0.39, 0.29) is 12.5 Å². The van der Waals surface area contributed by atoms with Crippen LogP contribution in [0.4, 0.5) is 0 Å². The van der Waals surface area contributed by atoms with Crippen LogP contribution in [-0.2, 0) is 16.1 Å². The van der Waals surface area contributed by atoms with Crippen LogP contribution in [-0.4, -0.2) is 35.5 Å². The highest BCUT2D eigenvalue weighted by atomic mass is 35.5. The Labute approximate surface area is 123 Å². The van der Waals surface area contributed by atoms with Gasteiger partial charge >= 0.3 is 5.97 Å². The Morgan fingerprint density at radius 1 is 1.37 bits per heavy atom. The van der Waals surface area contributed by atoms with Gasteiger partial charge in [0.05, 0.1) is 23.9 Å². The highest BCUT2D eigenvalue weighted by Crippen LogP contribution is 2.18. The fraction of sp³-hybridized carbons (Fsp3) is 0.538. The van der Waals surface area contributed by atoms with Crippen LogP contribution in [0.1, 0.15) is 26.0 Å². The number of halogens is 2. The number of aromatic nitrogens is 1. The lowest BCUT2D eigenvalue weighted by molar-refractivity contribution is -0.144. The molecular weight excluding hydrogens is 287 g/mol. The van der Waals surface area contributed by atoms with Gasteiger partial charge in [-0.25, -0.2) is 4.98 Å². The number of carbonyl (C=O) groups excluding carboxylic acids is 1. The Morgan fingerprint density at radius 3 is 2.74 bits per heavy atom. The molecule has 0 N–H and O–H groups in total. The fourth-order valence-electron chi connectivity index (χ4n) is 1.70. The number of carbonyl (C=O) groups is 1. The maximum Gasteiger partial charge on any atom is 0.320 e. The van der Waals surface area contributed by atoms with Crippen molar-refractivity contribution in [2.45, 2.75) is 26.8 Å². The second kappa shape index (κ2) is 8.35. The zero-order chi connectivity index (χ0) is 14.3. The third kappa shape index (κ3) is 5.76. The van der Waals surface area contributed by atoms with Gasteiger partial charge in [-0.1, -0.05) is 30.1 Å². The summed E-state index contributed by atoms with van der Waals surface area (Å²) in [7, 11) is 0. The molecule has 6 heteroatoms. The molecule has 0 fully saturated rings. The van der Waals surface area contributed by atoms with Crippen molar-refractivity contribution in [1.29, 1.82) is 0 Å².